The molecule has 0 aromatic carbocycles. The minimum Gasteiger partial charge on any atom is -0.461 e. The van der Waals surface area contributed by atoms with Gasteiger partial charge in [0, 0.05) is 10.5 Å². The first-order valence-electron chi connectivity index (χ1n) is 3.71. The van der Waals surface area contributed by atoms with Crippen molar-refractivity contribution in [1.82, 2.24) is 4.98 Å². The molecule has 0 saturated heterocycles. The minimum atomic E-state index is -0.535. The summed E-state index contributed by atoms with van der Waals surface area (Å²) in [7, 11) is 0. The predicted molar refractivity (Wildman–Crippen MR) is 50.7 cm³/mol. The van der Waals surface area contributed by atoms with Crippen LogP contribution in [0, 0.1) is 0 Å². The Bertz CT molecular complexity index is 372. The van der Waals surface area contributed by atoms with Crippen LogP contribution in [-0.2, 0) is 4.74 Å². The third kappa shape index (κ3) is 2.42. The summed E-state index contributed by atoms with van der Waals surface area (Å²) in [5, 5.41) is 0. The van der Waals surface area contributed by atoms with Crippen LogP contribution in [0.25, 0.3) is 0 Å². The van der Waals surface area contributed by atoms with E-state index in [4.69, 9.17) is 4.74 Å². The van der Waals surface area contributed by atoms with Crippen LogP contribution in [0.4, 0.5) is 0 Å². The van der Waals surface area contributed by atoms with Crippen LogP contribution in [0.3, 0.4) is 0 Å². The first-order chi connectivity index (χ1) is 6.15. The average molecular weight is 246 g/mol. The zero-order valence-electron chi connectivity index (χ0n) is 6.96. The zero-order chi connectivity index (χ0) is 9.84. The molecule has 0 aliphatic rings. The van der Waals surface area contributed by atoms with Crippen molar-refractivity contribution in [3.63, 3.8) is 0 Å². The Morgan fingerprint density at radius 2 is 2.31 bits per heavy atom. The SMILES string of the molecule is CCOC(=O)c1[nH]c(=O)ccc1Br. The Balaban J connectivity index is 3.06. The van der Waals surface area contributed by atoms with Crippen molar-refractivity contribution in [3.05, 3.63) is 32.7 Å². The number of hydrogen-bond donors (Lipinski definition) is 1. The number of H-pyrrole nitrogens is 1. The molecular weight excluding hydrogens is 238 g/mol. The Morgan fingerprint density at radius 3 is 2.92 bits per heavy atom. The second kappa shape index (κ2) is 4.23. The molecule has 0 saturated carbocycles. The highest BCUT2D eigenvalue weighted by Crippen LogP contribution is 2.12. The van der Waals surface area contributed by atoms with Crippen molar-refractivity contribution >= 4 is 21.9 Å². The number of ether oxygens (including phenoxy) is 1. The fourth-order valence-corrected chi connectivity index (χ4v) is 1.20. The molecule has 70 valence electrons. The monoisotopic (exact) mass is 245 g/mol. The smallest absolute Gasteiger partial charge is 0.356 e. The van der Waals surface area contributed by atoms with E-state index in [9.17, 15) is 9.59 Å². The number of esters is 1. The van der Waals surface area contributed by atoms with Gasteiger partial charge in [-0.2, -0.15) is 0 Å². The highest BCUT2D eigenvalue weighted by Gasteiger charge is 2.11. The van der Waals surface area contributed by atoms with Gasteiger partial charge in [0.2, 0.25) is 5.56 Å². The topological polar surface area (TPSA) is 59.2 Å². The van der Waals surface area contributed by atoms with Crippen LogP contribution in [0.15, 0.2) is 21.4 Å². The van der Waals surface area contributed by atoms with Gasteiger partial charge in [0.05, 0.1) is 6.61 Å². The van der Waals surface area contributed by atoms with Crippen LogP contribution in [0.1, 0.15) is 17.4 Å². The summed E-state index contributed by atoms with van der Waals surface area (Å²) in [4.78, 5) is 24.4. The number of aromatic nitrogens is 1. The van der Waals surface area contributed by atoms with E-state index in [2.05, 4.69) is 20.9 Å². The van der Waals surface area contributed by atoms with Crippen LogP contribution < -0.4 is 5.56 Å². The molecule has 1 rings (SSSR count). The van der Waals surface area contributed by atoms with E-state index in [1.807, 2.05) is 0 Å². The van der Waals surface area contributed by atoms with Gasteiger partial charge < -0.3 is 9.72 Å². The number of nitrogens with one attached hydrogen (secondary N) is 1. The van der Waals surface area contributed by atoms with Crippen molar-refractivity contribution in [2.24, 2.45) is 0 Å². The Morgan fingerprint density at radius 1 is 1.62 bits per heavy atom. The first kappa shape index (κ1) is 9.98. The Labute approximate surface area is 83.1 Å². The van der Waals surface area contributed by atoms with Gasteiger partial charge in [0.1, 0.15) is 5.69 Å². The number of aromatic amines is 1. The standard InChI is InChI=1S/C8H8BrNO3/c1-2-13-8(12)7-5(9)3-4-6(11)10-7/h3-4H,2H2,1H3,(H,10,11). The first-order valence-corrected chi connectivity index (χ1v) is 4.50. The molecule has 1 heterocycles. The normalized spacial score (nSPS) is 9.69. The molecule has 1 aromatic rings. The highest BCUT2D eigenvalue weighted by atomic mass is 79.9. The van der Waals surface area contributed by atoms with Gasteiger partial charge in [-0.15, -0.1) is 0 Å². The van der Waals surface area contributed by atoms with E-state index in [1.165, 1.54) is 12.1 Å². The number of pyridine rings is 1. The van der Waals surface area contributed by atoms with E-state index in [0.717, 1.165) is 0 Å². The Kier molecular flexibility index (Phi) is 3.25. The molecule has 0 aliphatic carbocycles. The molecule has 0 unspecified atom stereocenters. The predicted octanol–water partition coefficient (Wildman–Crippen LogP) is 1.31. The minimum absolute atomic E-state index is 0.148. The van der Waals surface area contributed by atoms with E-state index in [-0.39, 0.29) is 17.9 Å². The lowest BCUT2D eigenvalue weighted by Gasteiger charge is -2.02. The summed E-state index contributed by atoms with van der Waals surface area (Å²) in [6.45, 7) is 1.98. The van der Waals surface area contributed by atoms with E-state index < -0.39 is 5.97 Å². The van der Waals surface area contributed by atoms with Crippen molar-refractivity contribution in [2.45, 2.75) is 6.92 Å². The summed E-state index contributed by atoms with van der Waals surface area (Å²) in [5.74, 6) is -0.535. The van der Waals surface area contributed by atoms with Gasteiger partial charge in [-0.25, -0.2) is 4.79 Å². The fourth-order valence-electron chi connectivity index (χ4n) is 0.809. The number of halogens is 1. The number of rotatable bonds is 2. The molecule has 0 spiro atoms. The molecule has 4 nitrogen and oxygen atoms in total. The maximum Gasteiger partial charge on any atom is 0.356 e. The highest BCUT2D eigenvalue weighted by molar-refractivity contribution is 9.10. The molecule has 5 heteroatoms. The summed E-state index contributed by atoms with van der Waals surface area (Å²) in [5.41, 5.74) is -0.180. The van der Waals surface area contributed by atoms with Gasteiger partial charge in [-0.3, -0.25) is 4.79 Å². The third-order valence-electron chi connectivity index (χ3n) is 1.35. The lowest BCUT2D eigenvalue weighted by Crippen LogP contribution is -2.14. The molecule has 0 radical (unpaired) electrons. The molecule has 1 aromatic heterocycles. The van der Waals surface area contributed by atoms with Crippen LogP contribution in [0.2, 0.25) is 0 Å². The number of carbonyl (C=O) groups is 1. The average Bonchev–Trinajstić information content (AvgIpc) is 2.09. The number of carbonyl (C=O) groups excluding carboxylic acids is 1. The molecule has 0 amide bonds. The van der Waals surface area contributed by atoms with Crippen molar-refractivity contribution in [3.8, 4) is 0 Å². The van der Waals surface area contributed by atoms with E-state index in [1.54, 1.807) is 6.92 Å². The van der Waals surface area contributed by atoms with Gasteiger partial charge in [0.25, 0.3) is 0 Å². The van der Waals surface area contributed by atoms with Crippen LogP contribution in [-0.4, -0.2) is 17.6 Å². The van der Waals surface area contributed by atoms with Gasteiger partial charge in [-0.1, -0.05) is 0 Å². The fraction of sp³-hybridized carbons (Fsp3) is 0.250. The molecule has 0 bridgehead atoms. The van der Waals surface area contributed by atoms with Gasteiger partial charge in [-0.05, 0) is 28.9 Å². The second-order valence-corrected chi connectivity index (χ2v) is 3.12. The summed E-state index contributed by atoms with van der Waals surface area (Å²) in [6, 6.07) is 2.83. The van der Waals surface area contributed by atoms with E-state index >= 15 is 0 Å². The number of hydrogen-bond acceptors (Lipinski definition) is 3. The van der Waals surface area contributed by atoms with Crippen molar-refractivity contribution in [1.29, 1.82) is 0 Å². The van der Waals surface area contributed by atoms with E-state index in [0.29, 0.717) is 4.47 Å². The van der Waals surface area contributed by atoms with Crippen LogP contribution in [0.5, 0.6) is 0 Å². The summed E-state index contributed by atoms with van der Waals surface area (Å²) < 4.78 is 5.24. The third-order valence-corrected chi connectivity index (χ3v) is 2.01. The summed E-state index contributed by atoms with van der Waals surface area (Å²) in [6.07, 6.45) is 0. The van der Waals surface area contributed by atoms with Gasteiger partial charge >= 0.3 is 5.97 Å². The molecule has 1 N–H and O–H groups in total. The molecule has 0 atom stereocenters. The maximum absolute atomic E-state index is 11.2. The largest absolute Gasteiger partial charge is 0.461 e. The lowest BCUT2D eigenvalue weighted by molar-refractivity contribution is 0.0518. The molecule has 0 fully saturated rings. The van der Waals surface area contributed by atoms with Crippen LogP contribution >= 0.6 is 15.9 Å². The molecular formula is C8H8BrNO3. The summed E-state index contributed by atoms with van der Waals surface area (Å²) >= 11 is 3.13. The second-order valence-electron chi connectivity index (χ2n) is 2.27. The lowest BCUT2D eigenvalue weighted by atomic mass is 10.3. The van der Waals surface area contributed by atoms with Crippen molar-refractivity contribution in [2.75, 3.05) is 6.61 Å². The Hall–Kier alpha value is -1.10. The van der Waals surface area contributed by atoms with Gasteiger partial charge in [0.15, 0.2) is 0 Å². The van der Waals surface area contributed by atoms with Crippen molar-refractivity contribution < 1.29 is 9.53 Å². The zero-order valence-corrected chi connectivity index (χ0v) is 8.55. The quantitative estimate of drug-likeness (QED) is 0.800. The molecule has 13 heavy (non-hydrogen) atoms. The maximum atomic E-state index is 11.2. The molecule has 0 aliphatic heterocycles.